The summed E-state index contributed by atoms with van der Waals surface area (Å²) in [6.45, 7) is 1.56. The molecule has 10 heteroatoms. The standard InChI is InChI=1S/C21H27N5O5/c1-12(20(29)26-8-4-7-17(26)21(30)31)24-19(28)16(25-18(27)10-22)9-13-11-23-15-6-3-2-5-14(13)15/h2-3,5-6,11-12,16-17,23H,4,7-10,22H2,1H3,(H,24,28)(H,25,27)(H,30,31). The molecule has 166 valence electrons. The molecule has 10 nitrogen and oxygen atoms in total. The molecule has 1 aromatic heterocycles. The average Bonchev–Trinajstić information content (AvgIpc) is 3.40. The lowest BCUT2D eigenvalue weighted by molar-refractivity contribution is -0.149. The first-order valence-corrected chi connectivity index (χ1v) is 10.2. The van der Waals surface area contributed by atoms with Gasteiger partial charge in [-0.2, -0.15) is 0 Å². The second-order valence-corrected chi connectivity index (χ2v) is 7.65. The van der Waals surface area contributed by atoms with Crippen LogP contribution in [-0.2, 0) is 25.6 Å². The molecular weight excluding hydrogens is 402 g/mol. The Morgan fingerprint density at radius 2 is 2.00 bits per heavy atom. The normalized spacial score (nSPS) is 17.9. The number of aliphatic carboxylic acids is 1. The molecule has 0 aliphatic carbocycles. The van der Waals surface area contributed by atoms with Gasteiger partial charge in [0.2, 0.25) is 17.7 Å². The minimum absolute atomic E-state index is 0.198. The molecule has 1 saturated heterocycles. The van der Waals surface area contributed by atoms with E-state index in [2.05, 4.69) is 15.6 Å². The van der Waals surface area contributed by atoms with E-state index in [9.17, 15) is 24.3 Å². The van der Waals surface area contributed by atoms with Gasteiger partial charge in [0.25, 0.3) is 0 Å². The summed E-state index contributed by atoms with van der Waals surface area (Å²) in [4.78, 5) is 53.3. The Labute approximate surface area is 179 Å². The molecule has 0 spiro atoms. The number of aromatic amines is 1. The number of nitrogens with two attached hydrogens (primary N) is 1. The Morgan fingerprint density at radius 3 is 2.71 bits per heavy atom. The van der Waals surface area contributed by atoms with Crippen LogP contribution in [0.2, 0.25) is 0 Å². The van der Waals surface area contributed by atoms with Gasteiger partial charge in [-0.1, -0.05) is 18.2 Å². The molecule has 0 radical (unpaired) electrons. The number of carboxylic acid groups (broad SMARTS) is 1. The van der Waals surface area contributed by atoms with Gasteiger partial charge in [0.05, 0.1) is 6.54 Å². The summed E-state index contributed by atoms with van der Waals surface area (Å²) in [6.07, 6.45) is 2.95. The van der Waals surface area contributed by atoms with Gasteiger partial charge in [0.1, 0.15) is 18.1 Å². The molecule has 0 saturated carbocycles. The summed E-state index contributed by atoms with van der Waals surface area (Å²) >= 11 is 0. The van der Waals surface area contributed by atoms with E-state index in [0.29, 0.717) is 19.4 Å². The summed E-state index contributed by atoms with van der Waals surface area (Å²) in [6, 6.07) is 4.81. The third-order valence-corrected chi connectivity index (χ3v) is 5.49. The van der Waals surface area contributed by atoms with Crippen LogP contribution in [0.4, 0.5) is 0 Å². The summed E-state index contributed by atoms with van der Waals surface area (Å²) in [7, 11) is 0. The Morgan fingerprint density at radius 1 is 1.26 bits per heavy atom. The van der Waals surface area contributed by atoms with Crippen molar-refractivity contribution in [1.82, 2.24) is 20.5 Å². The van der Waals surface area contributed by atoms with Crippen LogP contribution in [-0.4, -0.2) is 69.9 Å². The molecule has 2 heterocycles. The van der Waals surface area contributed by atoms with Crippen LogP contribution in [0.25, 0.3) is 10.9 Å². The molecule has 0 bridgehead atoms. The van der Waals surface area contributed by atoms with Crippen LogP contribution >= 0.6 is 0 Å². The van der Waals surface area contributed by atoms with Crippen LogP contribution in [0.15, 0.2) is 30.5 Å². The number of nitrogens with zero attached hydrogens (tertiary/aromatic N) is 1. The number of para-hydroxylation sites is 1. The quantitative estimate of drug-likeness (QED) is 0.389. The van der Waals surface area contributed by atoms with Crippen molar-refractivity contribution in [1.29, 1.82) is 0 Å². The van der Waals surface area contributed by atoms with E-state index in [-0.39, 0.29) is 13.0 Å². The van der Waals surface area contributed by atoms with Crippen molar-refractivity contribution in [2.75, 3.05) is 13.1 Å². The zero-order valence-electron chi connectivity index (χ0n) is 17.3. The second-order valence-electron chi connectivity index (χ2n) is 7.65. The first-order chi connectivity index (χ1) is 14.8. The summed E-state index contributed by atoms with van der Waals surface area (Å²) in [5.74, 6) is -2.56. The van der Waals surface area contributed by atoms with E-state index in [1.807, 2.05) is 24.3 Å². The highest BCUT2D eigenvalue weighted by molar-refractivity contribution is 5.94. The number of rotatable bonds is 8. The number of nitrogens with one attached hydrogen (secondary N) is 3. The lowest BCUT2D eigenvalue weighted by Gasteiger charge is -2.26. The average molecular weight is 429 g/mol. The number of hydrogen-bond donors (Lipinski definition) is 5. The molecular formula is C21H27N5O5. The van der Waals surface area contributed by atoms with E-state index in [1.54, 1.807) is 6.20 Å². The number of fused-ring (bicyclic) bond motifs is 1. The number of benzene rings is 1. The number of carbonyl (C=O) groups is 4. The number of amides is 3. The van der Waals surface area contributed by atoms with Crippen LogP contribution in [0.3, 0.4) is 0 Å². The molecule has 3 rings (SSSR count). The number of H-pyrrole nitrogens is 1. The molecule has 1 aliphatic rings. The monoisotopic (exact) mass is 429 g/mol. The van der Waals surface area contributed by atoms with Gasteiger partial charge in [-0.05, 0) is 31.4 Å². The zero-order valence-corrected chi connectivity index (χ0v) is 17.3. The maximum Gasteiger partial charge on any atom is 0.326 e. The van der Waals surface area contributed by atoms with E-state index >= 15 is 0 Å². The van der Waals surface area contributed by atoms with Crippen molar-refractivity contribution in [2.45, 2.75) is 44.3 Å². The van der Waals surface area contributed by atoms with Gasteiger partial charge < -0.3 is 31.4 Å². The minimum atomic E-state index is -1.06. The summed E-state index contributed by atoms with van der Waals surface area (Å²) < 4.78 is 0. The van der Waals surface area contributed by atoms with Gasteiger partial charge in [-0.15, -0.1) is 0 Å². The molecule has 1 aliphatic heterocycles. The second kappa shape index (κ2) is 9.61. The molecule has 3 atom stereocenters. The first-order valence-electron chi connectivity index (χ1n) is 10.2. The lowest BCUT2D eigenvalue weighted by Crippen LogP contribution is -2.55. The predicted octanol–water partition coefficient (Wildman–Crippen LogP) is -0.266. The van der Waals surface area contributed by atoms with E-state index in [0.717, 1.165) is 16.5 Å². The van der Waals surface area contributed by atoms with Crippen molar-refractivity contribution < 1.29 is 24.3 Å². The van der Waals surface area contributed by atoms with Gasteiger partial charge in [-0.3, -0.25) is 14.4 Å². The lowest BCUT2D eigenvalue weighted by atomic mass is 10.0. The van der Waals surface area contributed by atoms with E-state index < -0.39 is 41.8 Å². The SMILES string of the molecule is CC(NC(=O)C(Cc1c[nH]c2ccccc12)NC(=O)CN)C(=O)N1CCCC1C(=O)O. The minimum Gasteiger partial charge on any atom is -0.480 e. The Bertz CT molecular complexity index is 987. The van der Waals surface area contributed by atoms with Crippen LogP contribution < -0.4 is 16.4 Å². The maximum absolute atomic E-state index is 12.9. The fourth-order valence-electron chi connectivity index (χ4n) is 3.89. The van der Waals surface area contributed by atoms with E-state index in [1.165, 1.54) is 11.8 Å². The predicted molar refractivity (Wildman–Crippen MR) is 113 cm³/mol. The molecule has 3 amide bonds. The Kier molecular flexibility index (Phi) is 6.91. The molecule has 6 N–H and O–H groups in total. The van der Waals surface area contributed by atoms with Crippen molar-refractivity contribution >= 4 is 34.6 Å². The molecule has 31 heavy (non-hydrogen) atoms. The molecule has 2 aromatic rings. The van der Waals surface area contributed by atoms with Crippen LogP contribution in [0, 0.1) is 0 Å². The fourth-order valence-corrected chi connectivity index (χ4v) is 3.89. The van der Waals surface area contributed by atoms with Gasteiger partial charge >= 0.3 is 5.97 Å². The van der Waals surface area contributed by atoms with Gasteiger partial charge in [-0.25, -0.2) is 4.79 Å². The highest BCUT2D eigenvalue weighted by Crippen LogP contribution is 2.20. The third kappa shape index (κ3) is 5.02. The van der Waals surface area contributed by atoms with Crippen molar-refractivity contribution in [3.05, 3.63) is 36.0 Å². The molecule has 3 unspecified atom stereocenters. The largest absolute Gasteiger partial charge is 0.480 e. The smallest absolute Gasteiger partial charge is 0.326 e. The number of aromatic nitrogens is 1. The van der Waals surface area contributed by atoms with Crippen molar-refractivity contribution in [3.63, 3.8) is 0 Å². The Hall–Kier alpha value is -3.40. The third-order valence-electron chi connectivity index (χ3n) is 5.49. The summed E-state index contributed by atoms with van der Waals surface area (Å²) in [5, 5.41) is 15.4. The molecule has 1 fully saturated rings. The fraction of sp³-hybridized carbons (Fsp3) is 0.429. The summed E-state index contributed by atoms with van der Waals surface area (Å²) in [5.41, 5.74) is 7.13. The van der Waals surface area contributed by atoms with Gasteiger partial charge in [0, 0.05) is 30.1 Å². The maximum atomic E-state index is 12.9. The van der Waals surface area contributed by atoms with Crippen molar-refractivity contribution in [2.24, 2.45) is 5.73 Å². The van der Waals surface area contributed by atoms with Crippen LogP contribution in [0.5, 0.6) is 0 Å². The molecule has 1 aromatic carbocycles. The van der Waals surface area contributed by atoms with Crippen molar-refractivity contribution in [3.8, 4) is 0 Å². The number of likely N-dealkylation sites (tertiary alicyclic amines) is 1. The number of carboxylic acids is 1. The van der Waals surface area contributed by atoms with E-state index in [4.69, 9.17) is 5.73 Å². The van der Waals surface area contributed by atoms with Crippen LogP contribution in [0.1, 0.15) is 25.3 Å². The number of carbonyl (C=O) groups excluding carboxylic acids is 3. The van der Waals surface area contributed by atoms with Gasteiger partial charge in [0.15, 0.2) is 0 Å². The highest BCUT2D eigenvalue weighted by Gasteiger charge is 2.36. The number of hydrogen-bond acceptors (Lipinski definition) is 5. The first kappa shape index (κ1) is 22.3. The highest BCUT2D eigenvalue weighted by atomic mass is 16.4. The Balaban J connectivity index is 1.73. The topological polar surface area (TPSA) is 158 Å². The zero-order chi connectivity index (χ0) is 22.5.